The Morgan fingerprint density at radius 3 is 2.79 bits per heavy atom. The number of aromatic hydroxyl groups is 1. The van der Waals surface area contributed by atoms with Crippen molar-refractivity contribution in [1.29, 1.82) is 0 Å². The predicted octanol–water partition coefficient (Wildman–Crippen LogP) is 4.82. The standard InChI is InChI=1S/C30H39FN4O3/c31-22-16-29(10-6-14-35(29)18-22)20-37-28-32-26-17-30(11-5-7-21-8-9-23(36)15-25(21)30)38-19-24(26)27(33-28)34-12-3-1-2-4-13-34/h8-9,15,22,36H,1-7,10-14,16-20H2/t22?,29-,30?/m0/s1. The lowest BCUT2D eigenvalue weighted by Gasteiger charge is -2.43. The van der Waals surface area contributed by atoms with Gasteiger partial charge in [-0.15, -0.1) is 0 Å². The molecule has 2 unspecified atom stereocenters. The van der Waals surface area contributed by atoms with E-state index in [4.69, 9.17) is 19.4 Å². The molecule has 1 N–H and O–H groups in total. The van der Waals surface area contributed by atoms with Crippen molar-refractivity contribution in [1.82, 2.24) is 14.9 Å². The molecule has 5 heterocycles. The summed E-state index contributed by atoms with van der Waals surface area (Å²) in [5.74, 6) is 1.23. The number of benzene rings is 1. The third kappa shape index (κ3) is 4.24. The lowest BCUT2D eigenvalue weighted by molar-refractivity contribution is -0.0856. The number of halogens is 1. The highest BCUT2D eigenvalue weighted by Crippen LogP contribution is 2.47. The number of aromatic nitrogens is 2. The molecule has 204 valence electrons. The second-order valence-corrected chi connectivity index (χ2v) is 12.2. The van der Waals surface area contributed by atoms with Crippen molar-refractivity contribution in [3.63, 3.8) is 0 Å². The summed E-state index contributed by atoms with van der Waals surface area (Å²) in [6.45, 7) is 4.30. The van der Waals surface area contributed by atoms with E-state index < -0.39 is 11.8 Å². The molecule has 1 aromatic heterocycles. The van der Waals surface area contributed by atoms with Crippen molar-refractivity contribution in [2.24, 2.45) is 0 Å². The van der Waals surface area contributed by atoms with Gasteiger partial charge in [0.15, 0.2) is 0 Å². The zero-order chi connectivity index (χ0) is 25.7. The minimum atomic E-state index is -0.782. The first-order valence-electron chi connectivity index (χ1n) is 14.7. The van der Waals surface area contributed by atoms with Gasteiger partial charge in [0, 0.05) is 38.0 Å². The molecule has 1 aromatic carbocycles. The van der Waals surface area contributed by atoms with Crippen LogP contribution in [-0.4, -0.2) is 64.5 Å². The minimum absolute atomic E-state index is 0.231. The highest BCUT2D eigenvalue weighted by atomic mass is 19.1. The fourth-order valence-corrected chi connectivity index (χ4v) is 7.82. The zero-order valence-corrected chi connectivity index (χ0v) is 22.3. The van der Waals surface area contributed by atoms with Crippen LogP contribution in [-0.2, 0) is 29.8 Å². The monoisotopic (exact) mass is 522 g/mol. The molecular weight excluding hydrogens is 483 g/mol. The molecule has 0 saturated carbocycles. The van der Waals surface area contributed by atoms with Gasteiger partial charge in [-0.05, 0) is 74.8 Å². The first-order chi connectivity index (χ1) is 18.5. The van der Waals surface area contributed by atoms with E-state index in [9.17, 15) is 9.50 Å². The molecule has 2 aromatic rings. The van der Waals surface area contributed by atoms with Gasteiger partial charge in [-0.2, -0.15) is 9.97 Å². The van der Waals surface area contributed by atoms with Crippen LogP contribution in [0.15, 0.2) is 18.2 Å². The van der Waals surface area contributed by atoms with E-state index in [1.165, 1.54) is 18.4 Å². The largest absolute Gasteiger partial charge is 0.508 e. The number of alkyl halides is 1. The number of aryl methyl sites for hydroxylation is 1. The Morgan fingerprint density at radius 1 is 1.05 bits per heavy atom. The maximum atomic E-state index is 14.4. The van der Waals surface area contributed by atoms with E-state index in [0.29, 0.717) is 38.6 Å². The maximum Gasteiger partial charge on any atom is 0.318 e. The van der Waals surface area contributed by atoms with E-state index >= 15 is 0 Å². The quantitative estimate of drug-likeness (QED) is 0.617. The van der Waals surface area contributed by atoms with E-state index in [2.05, 4.69) is 9.80 Å². The number of ether oxygens (including phenoxy) is 2. The minimum Gasteiger partial charge on any atom is -0.508 e. The molecule has 4 aliphatic heterocycles. The summed E-state index contributed by atoms with van der Waals surface area (Å²) in [5.41, 5.74) is 3.68. The van der Waals surface area contributed by atoms with Gasteiger partial charge in [0.2, 0.25) is 0 Å². The van der Waals surface area contributed by atoms with Gasteiger partial charge in [0.1, 0.15) is 24.3 Å². The van der Waals surface area contributed by atoms with Crippen LogP contribution in [0, 0.1) is 0 Å². The van der Waals surface area contributed by atoms with Crippen LogP contribution in [0.4, 0.5) is 10.2 Å². The van der Waals surface area contributed by atoms with Crippen LogP contribution >= 0.6 is 0 Å². The average molecular weight is 523 g/mol. The van der Waals surface area contributed by atoms with Crippen LogP contribution in [0.3, 0.4) is 0 Å². The van der Waals surface area contributed by atoms with Gasteiger partial charge in [0.05, 0.1) is 23.4 Å². The van der Waals surface area contributed by atoms with Gasteiger partial charge in [0.25, 0.3) is 0 Å². The molecule has 3 atom stereocenters. The summed E-state index contributed by atoms with van der Waals surface area (Å²) in [7, 11) is 0. The summed E-state index contributed by atoms with van der Waals surface area (Å²) in [5, 5.41) is 10.3. The van der Waals surface area contributed by atoms with Crippen molar-refractivity contribution in [3.8, 4) is 11.8 Å². The van der Waals surface area contributed by atoms with Crippen molar-refractivity contribution in [2.75, 3.05) is 37.7 Å². The number of hydrogen-bond donors (Lipinski definition) is 1. The lowest BCUT2D eigenvalue weighted by atomic mass is 9.75. The first-order valence-corrected chi connectivity index (χ1v) is 14.7. The van der Waals surface area contributed by atoms with Crippen LogP contribution in [0.2, 0.25) is 0 Å². The second kappa shape index (κ2) is 9.63. The van der Waals surface area contributed by atoms with Gasteiger partial charge >= 0.3 is 6.01 Å². The molecule has 1 aliphatic carbocycles. The van der Waals surface area contributed by atoms with Gasteiger partial charge in [-0.3, -0.25) is 4.90 Å². The average Bonchev–Trinajstić information content (AvgIpc) is 3.29. The van der Waals surface area contributed by atoms with Crippen molar-refractivity contribution in [2.45, 2.75) is 94.5 Å². The molecule has 7 rings (SSSR count). The predicted molar refractivity (Wildman–Crippen MR) is 142 cm³/mol. The van der Waals surface area contributed by atoms with Gasteiger partial charge in [-0.1, -0.05) is 18.9 Å². The Kier molecular flexibility index (Phi) is 6.23. The van der Waals surface area contributed by atoms with Crippen LogP contribution in [0.5, 0.6) is 11.8 Å². The number of hydrogen-bond acceptors (Lipinski definition) is 7. The SMILES string of the molecule is Oc1ccc2c(c1)C1(CCC2)Cc2nc(OC[C@@]34CCCN3CC(F)C4)nc(N3CCCCCC3)c2CO1. The molecule has 0 amide bonds. The molecule has 0 radical (unpaired) electrons. The first kappa shape index (κ1) is 24.6. The summed E-state index contributed by atoms with van der Waals surface area (Å²) < 4.78 is 27.5. The molecule has 0 bridgehead atoms. The Morgan fingerprint density at radius 2 is 1.92 bits per heavy atom. The zero-order valence-electron chi connectivity index (χ0n) is 22.3. The number of rotatable bonds is 4. The highest BCUT2D eigenvalue weighted by Gasteiger charge is 2.49. The third-order valence-electron chi connectivity index (χ3n) is 9.74. The van der Waals surface area contributed by atoms with Crippen molar-refractivity contribution >= 4 is 5.82 Å². The molecule has 3 saturated heterocycles. The molecule has 7 nitrogen and oxygen atoms in total. The number of anilines is 1. The third-order valence-corrected chi connectivity index (χ3v) is 9.74. The molecular formula is C30H39FN4O3. The van der Waals surface area contributed by atoms with E-state index in [-0.39, 0.29) is 11.3 Å². The Labute approximate surface area is 224 Å². The van der Waals surface area contributed by atoms with E-state index in [0.717, 1.165) is 87.2 Å². The van der Waals surface area contributed by atoms with E-state index in [1.807, 2.05) is 12.1 Å². The number of nitrogens with zero attached hydrogens (tertiary/aromatic N) is 4. The molecule has 3 fully saturated rings. The maximum absolute atomic E-state index is 14.4. The van der Waals surface area contributed by atoms with Crippen LogP contribution < -0.4 is 9.64 Å². The normalized spacial score (nSPS) is 31.1. The number of phenolic OH excluding ortho intramolecular Hbond substituents is 1. The summed E-state index contributed by atoms with van der Waals surface area (Å²) in [6.07, 6.45) is 10.2. The number of fused-ring (bicyclic) bond motifs is 4. The summed E-state index contributed by atoms with van der Waals surface area (Å²) in [6, 6.07) is 6.11. The lowest BCUT2D eigenvalue weighted by Crippen LogP contribution is -2.44. The summed E-state index contributed by atoms with van der Waals surface area (Å²) in [4.78, 5) is 14.7. The molecule has 8 heteroatoms. The smallest absolute Gasteiger partial charge is 0.318 e. The van der Waals surface area contributed by atoms with Crippen molar-refractivity contribution < 1.29 is 19.0 Å². The fourth-order valence-electron chi connectivity index (χ4n) is 7.82. The van der Waals surface area contributed by atoms with Gasteiger partial charge < -0.3 is 19.5 Å². The van der Waals surface area contributed by atoms with Crippen LogP contribution in [0.1, 0.15) is 80.2 Å². The second-order valence-electron chi connectivity index (χ2n) is 12.2. The number of phenols is 1. The van der Waals surface area contributed by atoms with Crippen molar-refractivity contribution in [3.05, 3.63) is 40.6 Å². The fraction of sp³-hybridized carbons (Fsp3) is 0.667. The summed E-state index contributed by atoms with van der Waals surface area (Å²) >= 11 is 0. The van der Waals surface area contributed by atoms with Crippen LogP contribution in [0.25, 0.3) is 0 Å². The Bertz CT molecular complexity index is 1200. The topological polar surface area (TPSA) is 71.0 Å². The molecule has 5 aliphatic rings. The Hall–Kier alpha value is -2.45. The Balaban J connectivity index is 1.24. The van der Waals surface area contributed by atoms with Gasteiger partial charge in [-0.25, -0.2) is 4.39 Å². The highest BCUT2D eigenvalue weighted by molar-refractivity contribution is 5.52. The van der Waals surface area contributed by atoms with E-state index in [1.54, 1.807) is 6.07 Å². The molecule has 38 heavy (non-hydrogen) atoms. The molecule has 1 spiro atoms.